The molecule has 2 aromatic heterocycles. The number of rotatable bonds is 9. The third-order valence-corrected chi connectivity index (χ3v) is 6.26. The summed E-state index contributed by atoms with van der Waals surface area (Å²) >= 11 is 13.5. The molecule has 31 heavy (non-hydrogen) atoms. The minimum Gasteiger partial charge on any atom is -0.467 e. The number of furan rings is 1. The van der Waals surface area contributed by atoms with Gasteiger partial charge in [-0.05, 0) is 37.1 Å². The van der Waals surface area contributed by atoms with E-state index in [0.717, 1.165) is 12.8 Å². The molecule has 2 heterocycles. The number of benzene rings is 1. The average molecular weight is 479 g/mol. The molecule has 2 amide bonds. The second-order valence-corrected chi connectivity index (χ2v) is 8.81. The third-order valence-electron chi connectivity index (χ3n) is 4.68. The average Bonchev–Trinajstić information content (AvgIpc) is 3.21. The highest BCUT2D eigenvalue weighted by molar-refractivity contribution is 7.14. The van der Waals surface area contributed by atoms with Gasteiger partial charge in [-0.15, -0.1) is 11.3 Å². The van der Waals surface area contributed by atoms with E-state index in [9.17, 15) is 9.59 Å². The van der Waals surface area contributed by atoms with Crippen LogP contribution in [0.1, 0.15) is 35.5 Å². The predicted octanol–water partition coefficient (Wildman–Crippen LogP) is 5.10. The van der Waals surface area contributed by atoms with Crippen LogP contribution in [0, 0.1) is 0 Å². The molecule has 0 spiro atoms. The van der Waals surface area contributed by atoms with Crippen molar-refractivity contribution < 1.29 is 14.0 Å². The summed E-state index contributed by atoms with van der Waals surface area (Å²) in [5.41, 5.74) is 0.881. The first-order chi connectivity index (χ1) is 15.0. The standard InChI is InChI=1S/C21H20Cl2N4O3S/c22-15-4-1-5-16(19(15)23)25-21-26-17(12-31-21)20(29)27(11-14-3-2-10-30-14)9-8-18(28)24-13-6-7-13/h1-5,10,12-13H,6-9,11H2,(H,24,28)(H,25,26). The number of carbonyl (C=O) groups excluding carboxylic acids is 2. The molecule has 4 rings (SSSR count). The number of hydrogen-bond donors (Lipinski definition) is 2. The van der Waals surface area contributed by atoms with Crippen molar-refractivity contribution in [1.29, 1.82) is 0 Å². The van der Waals surface area contributed by atoms with Crippen molar-refractivity contribution in [3.8, 4) is 0 Å². The van der Waals surface area contributed by atoms with Crippen LogP contribution in [-0.2, 0) is 11.3 Å². The van der Waals surface area contributed by atoms with E-state index in [1.54, 1.807) is 46.9 Å². The molecule has 1 aliphatic rings. The Bertz CT molecular complexity index is 1070. The van der Waals surface area contributed by atoms with Crippen LogP contribution in [0.4, 0.5) is 10.8 Å². The van der Waals surface area contributed by atoms with E-state index in [0.29, 0.717) is 26.6 Å². The van der Waals surface area contributed by atoms with E-state index >= 15 is 0 Å². The minimum absolute atomic E-state index is 0.0593. The molecule has 2 N–H and O–H groups in total. The van der Waals surface area contributed by atoms with E-state index in [1.807, 2.05) is 0 Å². The molecule has 7 nitrogen and oxygen atoms in total. The minimum atomic E-state index is -0.280. The van der Waals surface area contributed by atoms with Crippen LogP contribution in [0.3, 0.4) is 0 Å². The summed E-state index contributed by atoms with van der Waals surface area (Å²) in [6.45, 7) is 0.515. The van der Waals surface area contributed by atoms with Crippen LogP contribution in [0.2, 0.25) is 10.0 Å². The van der Waals surface area contributed by atoms with Gasteiger partial charge in [0, 0.05) is 24.4 Å². The normalized spacial score (nSPS) is 13.1. The Labute approximate surface area is 193 Å². The highest BCUT2D eigenvalue weighted by atomic mass is 35.5. The van der Waals surface area contributed by atoms with Gasteiger partial charge in [-0.25, -0.2) is 4.98 Å². The molecule has 1 fully saturated rings. The first kappa shape index (κ1) is 21.7. The Morgan fingerprint density at radius 3 is 2.81 bits per heavy atom. The number of nitrogens with zero attached hydrogens (tertiary/aromatic N) is 2. The Kier molecular flexibility index (Phi) is 6.80. The number of carbonyl (C=O) groups is 2. The fourth-order valence-corrected chi connectivity index (χ4v) is 3.96. The summed E-state index contributed by atoms with van der Waals surface area (Å²) in [7, 11) is 0. The van der Waals surface area contributed by atoms with Crippen molar-refractivity contribution in [2.75, 3.05) is 11.9 Å². The molecule has 0 bridgehead atoms. The molecule has 0 saturated heterocycles. The molecule has 10 heteroatoms. The lowest BCUT2D eigenvalue weighted by Crippen LogP contribution is -2.35. The van der Waals surface area contributed by atoms with E-state index in [1.165, 1.54) is 11.3 Å². The summed E-state index contributed by atoms with van der Waals surface area (Å²) in [5.74, 6) is 0.295. The van der Waals surface area contributed by atoms with Crippen molar-refractivity contribution in [3.05, 3.63) is 63.5 Å². The number of amides is 2. The van der Waals surface area contributed by atoms with Gasteiger partial charge in [-0.2, -0.15) is 0 Å². The Hall–Kier alpha value is -2.55. The van der Waals surface area contributed by atoms with Gasteiger partial charge in [-0.3, -0.25) is 9.59 Å². The fraction of sp³-hybridized carbons (Fsp3) is 0.286. The summed E-state index contributed by atoms with van der Waals surface area (Å²) < 4.78 is 5.39. The molecule has 1 aliphatic carbocycles. The zero-order valence-corrected chi connectivity index (χ0v) is 18.8. The molecule has 3 aromatic rings. The van der Waals surface area contributed by atoms with Crippen molar-refractivity contribution in [3.63, 3.8) is 0 Å². The molecule has 1 aromatic carbocycles. The summed E-state index contributed by atoms with van der Waals surface area (Å²) in [6, 6.07) is 9.08. The first-order valence-electron chi connectivity index (χ1n) is 9.77. The molecule has 0 aliphatic heterocycles. The van der Waals surface area contributed by atoms with Gasteiger partial charge in [0.05, 0.1) is 28.5 Å². The summed E-state index contributed by atoms with van der Waals surface area (Å²) in [4.78, 5) is 31.2. The zero-order valence-electron chi connectivity index (χ0n) is 16.4. The van der Waals surface area contributed by atoms with Crippen LogP contribution in [0.5, 0.6) is 0 Å². The van der Waals surface area contributed by atoms with E-state index in [4.69, 9.17) is 27.6 Å². The topological polar surface area (TPSA) is 87.5 Å². The van der Waals surface area contributed by atoms with Crippen molar-refractivity contribution >= 4 is 57.2 Å². The van der Waals surface area contributed by atoms with Crippen molar-refractivity contribution in [2.45, 2.75) is 31.8 Å². The van der Waals surface area contributed by atoms with Gasteiger partial charge in [0.2, 0.25) is 5.91 Å². The number of aromatic nitrogens is 1. The molecule has 0 atom stereocenters. The molecule has 0 radical (unpaired) electrons. The lowest BCUT2D eigenvalue weighted by Gasteiger charge is -2.20. The molecule has 162 valence electrons. The molecular weight excluding hydrogens is 459 g/mol. The van der Waals surface area contributed by atoms with Gasteiger partial charge < -0.3 is 20.0 Å². The number of halogens is 2. The summed E-state index contributed by atoms with van der Waals surface area (Å²) in [6.07, 6.45) is 3.81. The maximum Gasteiger partial charge on any atom is 0.273 e. The highest BCUT2D eigenvalue weighted by Crippen LogP contribution is 2.32. The lowest BCUT2D eigenvalue weighted by atomic mass is 10.3. The van der Waals surface area contributed by atoms with Gasteiger partial charge in [0.1, 0.15) is 11.5 Å². The van der Waals surface area contributed by atoms with Gasteiger partial charge in [-0.1, -0.05) is 29.3 Å². The van der Waals surface area contributed by atoms with E-state index in [-0.39, 0.29) is 43.1 Å². The number of nitrogens with one attached hydrogen (secondary N) is 2. The summed E-state index contributed by atoms with van der Waals surface area (Å²) in [5, 5.41) is 9.02. The fourth-order valence-electron chi connectivity index (χ4n) is 2.91. The number of thiazole rings is 1. The first-order valence-corrected chi connectivity index (χ1v) is 11.4. The highest BCUT2D eigenvalue weighted by Gasteiger charge is 2.25. The predicted molar refractivity (Wildman–Crippen MR) is 121 cm³/mol. The molecule has 1 saturated carbocycles. The van der Waals surface area contributed by atoms with Crippen LogP contribution in [0.25, 0.3) is 0 Å². The van der Waals surface area contributed by atoms with Crippen molar-refractivity contribution in [2.24, 2.45) is 0 Å². The largest absolute Gasteiger partial charge is 0.467 e. The second kappa shape index (κ2) is 9.72. The monoisotopic (exact) mass is 478 g/mol. The molecule has 0 unspecified atom stereocenters. The SMILES string of the molecule is O=C(CCN(Cc1ccco1)C(=O)c1csc(Nc2cccc(Cl)c2Cl)n1)NC1CC1. The Morgan fingerprint density at radius 1 is 1.23 bits per heavy atom. The van der Waals surface area contributed by atoms with E-state index in [2.05, 4.69) is 15.6 Å². The lowest BCUT2D eigenvalue weighted by molar-refractivity contribution is -0.121. The smallest absolute Gasteiger partial charge is 0.273 e. The second-order valence-electron chi connectivity index (χ2n) is 7.16. The van der Waals surface area contributed by atoms with E-state index < -0.39 is 0 Å². The van der Waals surface area contributed by atoms with Gasteiger partial charge in [0.25, 0.3) is 5.91 Å². The quantitative estimate of drug-likeness (QED) is 0.446. The van der Waals surface area contributed by atoms with Crippen LogP contribution in [-0.4, -0.2) is 34.3 Å². The van der Waals surface area contributed by atoms with Crippen molar-refractivity contribution in [1.82, 2.24) is 15.2 Å². The maximum atomic E-state index is 13.1. The third kappa shape index (κ3) is 5.78. The number of hydrogen-bond acceptors (Lipinski definition) is 6. The van der Waals surface area contributed by atoms with Crippen LogP contribution >= 0.6 is 34.5 Å². The molecular formula is C21H20Cl2N4O3S. The maximum absolute atomic E-state index is 13.1. The number of anilines is 2. The Morgan fingerprint density at radius 2 is 2.06 bits per heavy atom. The van der Waals surface area contributed by atoms with Crippen LogP contribution in [0.15, 0.2) is 46.4 Å². The van der Waals surface area contributed by atoms with Gasteiger partial charge >= 0.3 is 0 Å². The van der Waals surface area contributed by atoms with Crippen LogP contribution < -0.4 is 10.6 Å². The van der Waals surface area contributed by atoms with Gasteiger partial charge in [0.15, 0.2) is 5.13 Å². The zero-order chi connectivity index (χ0) is 21.8. The Balaban J connectivity index is 1.45.